The molecule has 1 aromatic rings. The molecule has 0 atom stereocenters. The molecule has 1 heterocycles. The molecule has 0 aliphatic rings. The molecule has 5 heteroatoms. The number of aryl methyl sites for hydroxylation is 2. The summed E-state index contributed by atoms with van der Waals surface area (Å²) in [5.74, 6) is 0.772. The molecule has 0 aliphatic carbocycles. The fraction of sp³-hybridized carbons (Fsp3) is 0.769. The number of nitrogens with one attached hydrogen (secondary N) is 1. The zero-order chi connectivity index (χ0) is 13.4. The Morgan fingerprint density at radius 3 is 2.67 bits per heavy atom. The topological polar surface area (TPSA) is 29.9 Å². The zero-order valence-electron chi connectivity index (χ0n) is 11.3. The maximum Gasteiger partial charge on any atom is 0.0767 e. The predicted octanol–water partition coefficient (Wildman–Crippen LogP) is 3.73. The Labute approximate surface area is 123 Å². The molecule has 1 aromatic heterocycles. The van der Waals surface area contributed by atoms with E-state index in [1.165, 1.54) is 23.0 Å². The minimum Gasteiger partial charge on any atom is -0.311 e. The van der Waals surface area contributed by atoms with Crippen LogP contribution in [0.4, 0.5) is 0 Å². The van der Waals surface area contributed by atoms with E-state index in [4.69, 9.17) is 11.6 Å². The van der Waals surface area contributed by atoms with Gasteiger partial charge in [-0.3, -0.25) is 4.68 Å². The fourth-order valence-electron chi connectivity index (χ4n) is 1.91. The largest absolute Gasteiger partial charge is 0.311 e. The molecule has 1 rings (SSSR count). The second kappa shape index (κ2) is 8.94. The van der Waals surface area contributed by atoms with Gasteiger partial charge in [-0.2, -0.15) is 5.10 Å². The third-order valence-electron chi connectivity index (χ3n) is 2.97. The van der Waals surface area contributed by atoms with Crippen LogP contribution < -0.4 is 5.32 Å². The molecule has 0 aliphatic heterocycles. The molecule has 0 aromatic carbocycles. The van der Waals surface area contributed by atoms with Gasteiger partial charge in [0.1, 0.15) is 0 Å². The van der Waals surface area contributed by atoms with Crippen LogP contribution >= 0.6 is 27.5 Å². The van der Waals surface area contributed by atoms with Crippen LogP contribution in [0.25, 0.3) is 0 Å². The van der Waals surface area contributed by atoms with Crippen molar-refractivity contribution >= 4 is 27.5 Å². The smallest absolute Gasteiger partial charge is 0.0767 e. The molecule has 3 nitrogen and oxygen atoms in total. The van der Waals surface area contributed by atoms with Crippen molar-refractivity contribution in [3.05, 3.63) is 15.9 Å². The van der Waals surface area contributed by atoms with Gasteiger partial charge in [0.2, 0.25) is 0 Å². The Morgan fingerprint density at radius 2 is 2.06 bits per heavy atom. The third-order valence-corrected chi connectivity index (χ3v) is 4.16. The Kier molecular flexibility index (Phi) is 7.95. The van der Waals surface area contributed by atoms with E-state index in [0.717, 1.165) is 44.0 Å². The molecule has 104 valence electrons. The van der Waals surface area contributed by atoms with Crippen LogP contribution in [-0.2, 0) is 19.5 Å². The molecule has 0 fully saturated rings. The first-order valence-electron chi connectivity index (χ1n) is 6.75. The summed E-state index contributed by atoms with van der Waals surface area (Å²) < 4.78 is 3.24. The molecule has 0 bridgehead atoms. The van der Waals surface area contributed by atoms with Gasteiger partial charge in [0.15, 0.2) is 0 Å². The number of hydrogen-bond donors (Lipinski definition) is 1. The van der Waals surface area contributed by atoms with Crippen LogP contribution in [-0.4, -0.2) is 22.2 Å². The second-order valence-electron chi connectivity index (χ2n) is 4.30. The van der Waals surface area contributed by atoms with E-state index in [9.17, 15) is 0 Å². The Morgan fingerprint density at radius 1 is 1.28 bits per heavy atom. The van der Waals surface area contributed by atoms with Crippen LogP contribution in [0.2, 0.25) is 0 Å². The number of rotatable bonds is 9. The Bertz CT molecular complexity index is 352. The minimum atomic E-state index is 0.772. The fourth-order valence-corrected chi connectivity index (χ4v) is 2.81. The summed E-state index contributed by atoms with van der Waals surface area (Å²) in [6.07, 6.45) is 4.46. The number of halogens is 2. The van der Waals surface area contributed by atoms with Crippen molar-refractivity contribution in [2.75, 3.05) is 12.4 Å². The average Bonchev–Trinajstić information content (AvgIpc) is 2.70. The minimum absolute atomic E-state index is 0.772. The SMILES string of the molecule is CCc1nn(CC)c(CNCCCCCCl)c1Br. The standard InChI is InChI=1S/C13H23BrClN3/c1-3-11-13(14)12(18(4-2)17-11)10-16-9-7-5-6-8-15/h16H,3-10H2,1-2H3. The van der Waals surface area contributed by atoms with Crippen molar-refractivity contribution in [3.8, 4) is 0 Å². The third kappa shape index (κ3) is 4.56. The van der Waals surface area contributed by atoms with Gasteiger partial charge in [0.05, 0.1) is 15.9 Å². The predicted molar refractivity (Wildman–Crippen MR) is 81.3 cm³/mol. The highest BCUT2D eigenvalue weighted by molar-refractivity contribution is 9.10. The maximum absolute atomic E-state index is 5.65. The lowest BCUT2D eigenvalue weighted by Crippen LogP contribution is -2.18. The molecule has 1 N–H and O–H groups in total. The molecule has 0 saturated heterocycles. The first-order valence-corrected chi connectivity index (χ1v) is 8.08. The van der Waals surface area contributed by atoms with Crippen molar-refractivity contribution in [2.24, 2.45) is 0 Å². The number of unbranched alkanes of at least 4 members (excludes halogenated alkanes) is 2. The van der Waals surface area contributed by atoms with E-state index in [1.807, 2.05) is 0 Å². The van der Waals surface area contributed by atoms with Gasteiger partial charge in [0, 0.05) is 19.0 Å². The Balaban J connectivity index is 2.43. The zero-order valence-corrected chi connectivity index (χ0v) is 13.6. The van der Waals surface area contributed by atoms with E-state index in [-0.39, 0.29) is 0 Å². The second-order valence-corrected chi connectivity index (χ2v) is 5.47. The molecule has 0 amide bonds. The first-order chi connectivity index (χ1) is 8.74. The quantitative estimate of drug-likeness (QED) is 0.550. The lowest BCUT2D eigenvalue weighted by atomic mass is 10.2. The summed E-state index contributed by atoms with van der Waals surface area (Å²) in [4.78, 5) is 0. The molecule has 0 spiro atoms. The molecule has 0 saturated carbocycles. The molecule has 0 radical (unpaired) electrons. The van der Waals surface area contributed by atoms with Crippen LogP contribution in [0.3, 0.4) is 0 Å². The lowest BCUT2D eigenvalue weighted by Gasteiger charge is -2.07. The van der Waals surface area contributed by atoms with E-state index >= 15 is 0 Å². The summed E-state index contributed by atoms with van der Waals surface area (Å²) in [5.41, 5.74) is 2.41. The van der Waals surface area contributed by atoms with E-state index in [1.54, 1.807) is 0 Å². The van der Waals surface area contributed by atoms with Crippen LogP contribution in [0.5, 0.6) is 0 Å². The van der Waals surface area contributed by atoms with Crippen molar-refractivity contribution in [2.45, 2.75) is 52.6 Å². The normalized spacial score (nSPS) is 11.1. The van der Waals surface area contributed by atoms with Crippen molar-refractivity contribution in [1.82, 2.24) is 15.1 Å². The molecular formula is C13H23BrClN3. The maximum atomic E-state index is 5.65. The van der Waals surface area contributed by atoms with Gasteiger partial charge in [-0.1, -0.05) is 13.3 Å². The number of aromatic nitrogens is 2. The molecular weight excluding hydrogens is 314 g/mol. The van der Waals surface area contributed by atoms with Crippen LogP contribution in [0.1, 0.15) is 44.5 Å². The van der Waals surface area contributed by atoms with E-state index in [0.29, 0.717) is 0 Å². The Hall–Kier alpha value is -0.0600. The lowest BCUT2D eigenvalue weighted by molar-refractivity contribution is 0.561. The van der Waals surface area contributed by atoms with Gasteiger partial charge >= 0.3 is 0 Å². The molecule has 0 unspecified atom stereocenters. The highest BCUT2D eigenvalue weighted by Gasteiger charge is 2.12. The highest BCUT2D eigenvalue weighted by Crippen LogP contribution is 2.22. The van der Waals surface area contributed by atoms with E-state index in [2.05, 4.69) is 44.9 Å². The monoisotopic (exact) mass is 335 g/mol. The number of hydrogen-bond acceptors (Lipinski definition) is 2. The van der Waals surface area contributed by atoms with Gasteiger partial charge in [-0.05, 0) is 48.7 Å². The van der Waals surface area contributed by atoms with Gasteiger partial charge in [0.25, 0.3) is 0 Å². The summed E-state index contributed by atoms with van der Waals surface area (Å²) >= 11 is 9.31. The first kappa shape index (κ1) is 16.0. The van der Waals surface area contributed by atoms with Crippen molar-refractivity contribution < 1.29 is 0 Å². The van der Waals surface area contributed by atoms with Gasteiger partial charge in [-0.15, -0.1) is 11.6 Å². The average molecular weight is 337 g/mol. The van der Waals surface area contributed by atoms with Crippen LogP contribution in [0, 0.1) is 0 Å². The number of nitrogens with zero attached hydrogens (tertiary/aromatic N) is 2. The summed E-state index contributed by atoms with van der Waals surface area (Å²) in [6, 6.07) is 0. The molecule has 18 heavy (non-hydrogen) atoms. The summed E-state index contributed by atoms with van der Waals surface area (Å²) in [6.45, 7) is 7.10. The summed E-state index contributed by atoms with van der Waals surface area (Å²) in [7, 11) is 0. The van der Waals surface area contributed by atoms with Crippen LogP contribution in [0.15, 0.2) is 4.47 Å². The van der Waals surface area contributed by atoms with Crippen molar-refractivity contribution in [1.29, 1.82) is 0 Å². The van der Waals surface area contributed by atoms with E-state index < -0.39 is 0 Å². The van der Waals surface area contributed by atoms with Gasteiger partial charge in [-0.25, -0.2) is 0 Å². The highest BCUT2D eigenvalue weighted by atomic mass is 79.9. The van der Waals surface area contributed by atoms with Gasteiger partial charge < -0.3 is 5.32 Å². The summed E-state index contributed by atoms with van der Waals surface area (Å²) in [5, 5.41) is 8.07. The van der Waals surface area contributed by atoms with Crippen molar-refractivity contribution in [3.63, 3.8) is 0 Å². The number of alkyl halides is 1.